The summed E-state index contributed by atoms with van der Waals surface area (Å²) in [5, 5.41) is 4.00. The summed E-state index contributed by atoms with van der Waals surface area (Å²) in [6.45, 7) is 5.82. The minimum atomic E-state index is -3.92. The third-order valence-electron chi connectivity index (χ3n) is 8.66. The summed E-state index contributed by atoms with van der Waals surface area (Å²) in [5.74, 6) is -0.564. The predicted octanol–water partition coefficient (Wildman–Crippen LogP) is 4.72. The zero-order valence-corrected chi connectivity index (χ0v) is 26.4. The van der Waals surface area contributed by atoms with E-state index >= 15 is 0 Å². The van der Waals surface area contributed by atoms with Crippen molar-refractivity contribution in [2.45, 2.75) is 87.3 Å². The number of para-hydroxylation sites is 1. The van der Waals surface area contributed by atoms with E-state index in [-0.39, 0.29) is 61.5 Å². The van der Waals surface area contributed by atoms with E-state index in [1.807, 2.05) is 12.1 Å². The van der Waals surface area contributed by atoms with Crippen molar-refractivity contribution in [2.24, 2.45) is 0 Å². The molecule has 2 aliphatic rings. The van der Waals surface area contributed by atoms with Gasteiger partial charge in [0.1, 0.15) is 11.2 Å². The van der Waals surface area contributed by atoms with Gasteiger partial charge in [-0.3, -0.25) is 19.9 Å². The number of amides is 2. The van der Waals surface area contributed by atoms with Crippen LogP contribution in [0, 0.1) is 0 Å². The van der Waals surface area contributed by atoms with Crippen molar-refractivity contribution in [3.8, 4) is 0 Å². The van der Waals surface area contributed by atoms with E-state index in [2.05, 4.69) is 27.2 Å². The number of likely N-dealkylation sites (tertiary alicyclic amines) is 1. The summed E-state index contributed by atoms with van der Waals surface area (Å²) >= 11 is 0. The molecule has 4 atom stereocenters. The van der Waals surface area contributed by atoms with Gasteiger partial charge in [-0.25, -0.2) is 13.4 Å². The highest BCUT2D eigenvalue weighted by molar-refractivity contribution is 7.92. The van der Waals surface area contributed by atoms with Gasteiger partial charge >= 0.3 is 0 Å². The second kappa shape index (κ2) is 15.5. The zero-order chi connectivity index (χ0) is 32.6. The van der Waals surface area contributed by atoms with Crippen LogP contribution in [0.15, 0.2) is 61.0 Å². The molecule has 13 heteroatoms. The van der Waals surface area contributed by atoms with Crippen molar-refractivity contribution in [3.63, 3.8) is 0 Å². The lowest BCUT2D eigenvalue weighted by Crippen LogP contribution is -2.54. The Labute approximate surface area is 263 Å². The molecule has 2 heterocycles. The quantitative estimate of drug-likeness (QED) is 0.266. The van der Waals surface area contributed by atoms with Gasteiger partial charge in [0, 0.05) is 31.1 Å². The first kappa shape index (κ1) is 34.2. The Morgan fingerprint density at radius 3 is 2.53 bits per heavy atom. The van der Waals surface area contributed by atoms with Gasteiger partial charge in [0.05, 0.1) is 29.4 Å². The van der Waals surface area contributed by atoms with Crippen LogP contribution in [0.1, 0.15) is 75.5 Å². The summed E-state index contributed by atoms with van der Waals surface area (Å²) in [5.41, 5.74) is 7.72. The third kappa shape index (κ3) is 8.51. The van der Waals surface area contributed by atoms with Gasteiger partial charge in [-0.05, 0) is 62.1 Å². The molecular formula is C32H42F2N6O4S. The fraction of sp³-hybridized carbons (Fsp3) is 0.500. The molecule has 244 valence electrons. The second-order valence-corrected chi connectivity index (χ2v) is 13.8. The minimum Gasteiger partial charge on any atom is -0.382 e. The average Bonchev–Trinajstić information content (AvgIpc) is 3.54. The van der Waals surface area contributed by atoms with Crippen LogP contribution in [0.4, 0.5) is 20.3 Å². The highest BCUT2D eigenvalue weighted by atomic mass is 32.2. The van der Waals surface area contributed by atoms with E-state index in [0.29, 0.717) is 49.9 Å². The number of benzene rings is 1. The summed E-state index contributed by atoms with van der Waals surface area (Å²) < 4.78 is 54.8. The Hall–Kier alpha value is -3.71. The Kier molecular flexibility index (Phi) is 11.8. The van der Waals surface area contributed by atoms with E-state index < -0.39 is 32.6 Å². The molecule has 10 nitrogen and oxygen atoms in total. The number of hydrogen-bond donors (Lipinski definition) is 3. The van der Waals surface area contributed by atoms with Crippen LogP contribution in [0.3, 0.4) is 0 Å². The van der Waals surface area contributed by atoms with Gasteiger partial charge in [-0.15, -0.1) is 6.58 Å². The van der Waals surface area contributed by atoms with E-state index in [9.17, 15) is 26.8 Å². The number of anilines is 2. The molecule has 1 aromatic carbocycles. The smallest absolute Gasteiger partial charge is 0.269 e. The number of nitrogens with one attached hydrogen (secondary N) is 2. The molecule has 0 radical (unpaired) electrons. The molecule has 1 aliphatic carbocycles. The van der Waals surface area contributed by atoms with Crippen molar-refractivity contribution in [3.05, 3.63) is 72.2 Å². The molecule has 0 bridgehead atoms. The lowest BCUT2D eigenvalue weighted by atomic mass is 9.95. The first-order valence-corrected chi connectivity index (χ1v) is 17.0. The van der Waals surface area contributed by atoms with Crippen molar-refractivity contribution >= 4 is 33.2 Å². The summed E-state index contributed by atoms with van der Waals surface area (Å²) in [6.07, 6.45) is 6.05. The molecule has 4 rings (SSSR count). The Bertz CT molecular complexity index is 1490. The van der Waals surface area contributed by atoms with Crippen molar-refractivity contribution < 1.29 is 26.8 Å². The van der Waals surface area contributed by atoms with Crippen LogP contribution in [0.2, 0.25) is 0 Å². The molecule has 2 amide bonds. The standard InChI is InChI=1S/C32H42F2N6O4S/c1-3-29(41)38-25-12-6-5-10-23(25)24-11-8-14-27(24)45(43,44)30(4-2)39-26(13-7-9-22-19-37-28(35)20-36-22)32(42)40-17-15-21(16-18-40)31(33)34/h4-6,10,12,19-20,24,26-27,30,39H,2-3,7-9,11,13-18H2,1H3,(H2,35,37)(H,38,41). The number of halogens is 2. The number of sulfone groups is 1. The van der Waals surface area contributed by atoms with Gasteiger partial charge < -0.3 is 16.0 Å². The Morgan fingerprint density at radius 2 is 1.89 bits per heavy atom. The van der Waals surface area contributed by atoms with Crippen molar-refractivity contribution in [1.82, 2.24) is 20.2 Å². The highest BCUT2D eigenvalue weighted by Gasteiger charge is 2.43. The lowest BCUT2D eigenvalue weighted by molar-refractivity contribution is -0.134. The number of hydrogen-bond acceptors (Lipinski definition) is 8. The molecule has 4 N–H and O–H groups in total. The summed E-state index contributed by atoms with van der Waals surface area (Å²) in [4.78, 5) is 35.8. The topological polar surface area (TPSA) is 147 Å². The molecule has 45 heavy (non-hydrogen) atoms. The van der Waals surface area contributed by atoms with Crippen LogP contribution in [-0.4, -0.2) is 64.9 Å². The van der Waals surface area contributed by atoms with Gasteiger partial charge in [0.15, 0.2) is 9.84 Å². The normalized spacial score (nSPS) is 20.0. The first-order valence-electron chi connectivity index (χ1n) is 15.4. The second-order valence-electron chi connectivity index (χ2n) is 11.5. The molecule has 1 saturated carbocycles. The monoisotopic (exact) mass is 644 g/mol. The number of aryl methyl sites for hydroxylation is 1. The zero-order valence-electron chi connectivity index (χ0n) is 25.6. The Balaban J connectivity index is 1.55. The molecule has 1 aromatic heterocycles. The number of nitrogens with zero attached hydrogens (tertiary/aromatic N) is 3. The van der Waals surface area contributed by atoms with E-state index in [1.54, 1.807) is 25.3 Å². The largest absolute Gasteiger partial charge is 0.382 e. The minimum absolute atomic E-state index is 0.0414. The van der Waals surface area contributed by atoms with Crippen LogP contribution >= 0.6 is 0 Å². The third-order valence-corrected chi connectivity index (χ3v) is 11.1. The lowest BCUT2D eigenvalue weighted by Gasteiger charge is -2.34. The molecule has 1 saturated heterocycles. The molecule has 2 aromatic rings. The maximum Gasteiger partial charge on any atom is 0.269 e. The predicted molar refractivity (Wildman–Crippen MR) is 170 cm³/mol. The number of piperidine rings is 1. The van der Waals surface area contributed by atoms with Gasteiger partial charge in [-0.2, -0.15) is 8.78 Å². The van der Waals surface area contributed by atoms with E-state index in [1.165, 1.54) is 17.2 Å². The van der Waals surface area contributed by atoms with Crippen LogP contribution in [0.5, 0.6) is 0 Å². The van der Waals surface area contributed by atoms with Crippen LogP contribution in [-0.2, 0) is 25.8 Å². The number of nitrogen functional groups attached to an aromatic ring is 1. The van der Waals surface area contributed by atoms with Crippen LogP contribution < -0.4 is 16.4 Å². The average molecular weight is 645 g/mol. The number of rotatable bonds is 13. The number of aromatic nitrogens is 2. The number of carbonyl (C=O) groups excluding carboxylic acids is 2. The van der Waals surface area contributed by atoms with Crippen molar-refractivity contribution in [1.29, 1.82) is 0 Å². The molecular weight excluding hydrogens is 602 g/mol. The molecule has 2 fully saturated rings. The molecule has 4 unspecified atom stereocenters. The van der Waals surface area contributed by atoms with Crippen LogP contribution in [0.25, 0.3) is 0 Å². The maximum atomic E-state index is 14.3. The fourth-order valence-corrected chi connectivity index (χ4v) is 8.43. The summed E-state index contributed by atoms with van der Waals surface area (Å²) in [7, 11) is -3.92. The first-order chi connectivity index (χ1) is 21.5. The highest BCUT2D eigenvalue weighted by Crippen LogP contribution is 2.42. The van der Waals surface area contributed by atoms with E-state index in [4.69, 9.17) is 5.73 Å². The molecule has 1 aliphatic heterocycles. The Morgan fingerprint density at radius 1 is 1.16 bits per heavy atom. The SMILES string of the molecule is C=CC(NC(CCCc1cnc(N)cn1)C(=O)N1CCC(=C(F)F)CC1)S(=O)(=O)C1CCCC1c1ccccc1NC(=O)CC. The fourth-order valence-electron chi connectivity index (χ4n) is 6.20. The van der Waals surface area contributed by atoms with Gasteiger partial charge in [-0.1, -0.05) is 37.6 Å². The summed E-state index contributed by atoms with van der Waals surface area (Å²) in [6, 6.07) is 6.36. The maximum absolute atomic E-state index is 14.3. The van der Waals surface area contributed by atoms with E-state index in [0.717, 1.165) is 5.56 Å². The number of nitrogens with two attached hydrogens (primary N) is 1. The molecule has 0 spiro atoms. The van der Waals surface area contributed by atoms with Gasteiger partial charge in [0.2, 0.25) is 11.8 Å². The van der Waals surface area contributed by atoms with Crippen molar-refractivity contribution in [2.75, 3.05) is 24.1 Å². The van der Waals surface area contributed by atoms with Gasteiger partial charge in [0.25, 0.3) is 6.08 Å². The number of carbonyl (C=O) groups is 2.